The number of hydrogen-bond donors (Lipinski definition) is 0. The zero-order valence-corrected chi connectivity index (χ0v) is 11.0. The van der Waals surface area contributed by atoms with E-state index in [1.54, 1.807) is 18.5 Å². The topological polar surface area (TPSA) is 56.3 Å². The minimum absolute atomic E-state index is 0.0144. The maximum absolute atomic E-state index is 11.3. The third-order valence-corrected chi connectivity index (χ3v) is 4.73. The summed E-state index contributed by atoms with van der Waals surface area (Å²) in [6, 6.07) is 1.82. The van der Waals surface area contributed by atoms with Crippen molar-refractivity contribution in [2.45, 2.75) is 25.4 Å². The fraction of sp³-hybridized carbons (Fsp3) is 0.462. The lowest BCUT2D eigenvalue weighted by molar-refractivity contribution is 0.188. The van der Waals surface area contributed by atoms with Crippen molar-refractivity contribution >= 4 is 9.84 Å². The molecular weight excluding hydrogens is 250 g/mol. The largest absolute Gasteiger partial charge is 0.490 e. The Balaban J connectivity index is 2.04. The van der Waals surface area contributed by atoms with Crippen LogP contribution >= 0.6 is 0 Å². The van der Waals surface area contributed by atoms with Crippen LogP contribution in [-0.4, -0.2) is 31.0 Å². The van der Waals surface area contributed by atoms with Crippen molar-refractivity contribution in [3.8, 4) is 5.75 Å². The lowest BCUT2D eigenvalue weighted by Crippen LogP contribution is -2.30. The van der Waals surface area contributed by atoms with Crippen molar-refractivity contribution in [3.05, 3.63) is 36.7 Å². The third kappa shape index (κ3) is 3.32. The zero-order valence-electron chi connectivity index (χ0n) is 10.2. The number of rotatable bonds is 4. The average molecular weight is 267 g/mol. The fourth-order valence-electron chi connectivity index (χ4n) is 2.00. The first-order chi connectivity index (χ1) is 8.61. The molecule has 1 aromatic rings. The van der Waals surface area contributed by atoms with Crippen LogP contribution in [0.4, 0.5) is 0 Å². The maximum Gasteiger partial charge on any atom is 0.150 e. The Labute approximate surface area is 108 Å². The number of allylic oxidation sites excluding steroid dienone is 1. The van der Waals surface area contributed by atoms with Gasteiger partial charge in [-0.2, -0.15) is 0 Å². The van der Waals surface area contributed by atoms with Crippen molar-refractivity contribution in [2.24, 2.45) is 0 Å². The molecule has 0 bridgehead atoms. The quantitative estimate of drug-likeness (QED) is 0.780. The molecule has 0 aromatic carbocycles. The number of pyridine rings is 1. The molecule has 1 aliphatic heterocycles. The molecule has 0 aliphatic carbocycles. The van der Waals surface area contributed by atoms with Crippen LogP contribution in [0.25, 0.3) is 0 Å². The molecule has 0 radical (unpaired) electrons. The Bertz CT molecular complexity index is 511. The van der Waals surface area contributed by atoms with E-state index in [1.807, 2.05) is 6.07 Å². The molecule has 0 saturated carbocycles. The van der Waals surface area contributed by atoms with Gasteiger partial charge in [-0.15, -0.1) is 6.58 Å². The molecule has 4 nitrogen and oxygen atoms in total. The lowest BCUT2D eigenvalue weighted by atomic mass is 10.1. The number of sulfone groups is 1. The summed E-state index contributed by atoms with van der Waals surface area (Å²) in [4.78, 5) is 4.06. The highest BCUT2D eigenvalue weighted by atomic mass is 32.2. The Hall–Kier alpha value is -1.36. The van der Waals surface area contributed by atoms with Crippen LogP contribution in [0, 0.1) is 0 Å². The van der Waals surface area contributed by atoms with Gasteiger partial charge in [0.1, 0.15) is 11.9 Å². The van der Waals surface area contributed by atoms with Gasteiger partial charge < -0.3 is 4.74 Å². The van der Waals surface area contributed by atoms with E-state index >= 15 is 0 Å². The monoisotopic (exact) mass is 267 g/mol. The molecule has 98 valence electrons. The number of ether oxygens (including phenoxy) is 1. The molecule has 2 heterocycles. The standard InChI is InChI=1S/C13H17NO3S/c1-2-3-11-10-14-7-4-13(11)17-12-5-8-18(15,16)9-6-12/h2,4,7,10,12H,1,3,5-6,8-9H2. The van der Waals surface area contributed by atoms with Gasteiger partial charge >= 0.3 is 0 Å². The Kier molecular flexibility index (Phi) is 4.01. The first-order valence-corrected chi connectivity index (χ1v) is 7.84. The van der Waals surface area contributed by atoms with Gasteiger partial charge in [0, 0.05) is 18.0 Å². The summed E-state index contributed by atoms with van der Waals surface area (Å²) >= 11 is 0. The van der Waals surface area contributed by atoms with Crippen molar-refractivity contribution in [3.63, 3.8) is 0 Å². The van der Waals surface area contributed by atoms with Crippen LogP contribution in [0.3, 0.4) is 0 Å². The number of aromatic nitrogens is 1. The summed E-state index contributed by atoms with van der Waals surface area (Å²) in [5.74, 6) is 1.23. The molecule has 0 unspecified atom stereocenters. The molecule has 18 heavy (non-hydrogen) atoms. The van der Waals surface area contributed by atoms with Gasteiger partial charge in [0.05, 0.1) is 11.5 Å². The first kappa shape index (κ1) is 13.1. The number of hydrogen-bond acceptors (Lipinski definition) is 4. The Morgan fingerprint density at radius 2 is 2.17 bits per heavy atom. The second-order valence-corrected chi connectivity index (χ2v) is 6.75. The van der Waals surface area contributed by atoms with E-state index in [9.17, 15) is 8.42 Å². The van der Waals surface area contributed by atoms with Gasteiger partial charge in [-0.1, -0.05) is 6.08 Å². The molecule has 1 aliphatic rings. The SMILES string of the molecule is C=CCc1cnccc1OC1CCS(=O)(=O)CC1. The van der Waals surface area contributed by atoms with Crippen molar-refractivity contribution in [1.82, 2.24) is 4.98 Å². The van der Waals surface area contributed by atoms with Gasteiger partial charge in [-0.3, -0.25) is 4.98 Å². The van der Waals surface area contributed by atoms with E-state index in [4.69, 9.17) is 4.74 Å². The second kappa shape index (κ2) is 5.52. The predicted octanol–water partition coefficient (Wildman–Crippen LogP) is 1.77. The minimum Gasteiger partial charge on any atom is -0.490 e. The van der Waals surface area contributed by atoms with Gasteiger partial charge in [-0.25, -0.2) is 8.42 Å². The van der Waals surface area contributed by atoms with E-state index in [1.165, 1.54) is 0 Å². The predicted molar refractivity (Wildman–Crippen MR) is 70.4 cm³/mol. The van der Waals surface area contributed by atoms with Crippen LogP contribution in [0.2, 0.25) is 0 Å². The van der Waals surface area contributed by atoms with Gasteiger partial charge in [0.2, 0.25) is 0 Å². The molecule has 2 rings (SSSR count). The molecule has 1 saturated heterocycles. The van der Waals surface area contributed by atoms with E-state index < -0.39 is 9.84 Å². The van der Waals surface area contributed by atoms with E-state index in [0.29, 0.717) is 19.3 Å². The summed E-state index contributed by atoms with van der Waals surface area (Å²) in [6.07, 6.45) is 7.07. The van der Waals surface area contributed by atoms with Crippen molar-refractivity contribution < 1.29 is 13.2 Å². The maximum atomic E-state index is 11.3. The van der Waals surface area contributed by atoms with E-state index in [0.717, 1.165) is 11.3 Å². The van der Waals surface area contributed by atoms with Crippen LogP contribution in [0.5, 0.6) is 5.75 Å². The van der Waals surface area contributed by atoms with Crippen molar-refractivity contribution in [1.29, 1.82) is 0 Å². The van der Waals surface area contributed by atoms with Crippen LogP contribution < -0.4 is 4.74 Å². The first-order valence-electron chi connectivity index (χ1n) is 6.01. The molecule has 0 spiro atoms. The normalized spacial score (nSPS) is 19.3. The van der Waals surface area contributed by atoms with Gasteiger partial charge in [-0.05, 0) is 25.3 Å². The molecular formula is C13H17NO3S. The Morgan fingerprint density at radius 1 is 1.44 bits per heavy atom. The smallest absolute Gasteiger partial charge is 0.150 e. The number of nitrogens with zero attached hydrogens (tertiary/aromatic N) is 1. The average Bonchev–Trinajstić information content (AvgIpc) is 2.35. The molecule has 5 heteroatoms. The van der Waals surface area contributed by atoms with Gasteiger partial charge in [0.15, 0.2) is 9.84 Å². The molecule has 0 amide bonds. The van der Waals surface area contributed by atoms with Crippen LogP contribution in [-0.2, 0) is 16.3 Å². The fourth-order valence-corrected chi connectivity index (χ4v) is 3.45. The van der Waals surface area contributed by atoms with Gasteiger partial charge in [0.25, 0.3) is 0 Å². The highest BCUT2D eigenvalue weighted by Gasteiger charge is 2.25. The molecule has 1 aromatic heterocycles. The summed E-state index contributed by atoms with van der Waals surface area (Å²) in [7, 11) is -2.84. The Morgan fingerprint density at radius 3 is 2.83 bits per heavy atom. The third-order valence-electron chi connectivity index (χ3n) is 3.02. The minimum atomic E-state index is -2.84. The molecule has 0 atom stereocenters. The lowest BCUT2D eigenvalue weighted by Gasteiger charge is -2.24. The molecule has 1 fully saturated rings. The van der Waals surface area contributed by atoms with Crippen molar-refractivity contribution in [2.75, 3.05) is 11.5 Å². The van der Waals surface area contributed by atoms with Crippen LogP contribution in [0.1, 0.15) is 18.4 Å². The summed E-state index contributed by atoms with van der Waals surface area (Å²) < 4.78 is 28.6. The summed E-state index contributed by atoms with van der Waals surface area (Å²) in [5.41, 5.74) is 0.987. The van der Waals surface area contributed by atoms with E-state index in [2.05, 4.69) is 11.6 Å². The highest BCUT2D eigenvalue weighted by molar-refractivity contribution is 7.91. The van der Waals surface area contributed by atoms with Crippen LogP contribution in [0.15, 0.2) is 31.1 Å². The second-order valence-electron chi connectivity index (χ2n) is 4.45. The molecule has 0 N–H and O–H groups in total. The summed E-state index contributed by atoms with van der Waals surface area (Å²) in [6.45, 7) is 3.70. The highest BCUT2D eigenvalue weighted by Crippen LogP contribution is 2.23. The zero-order chi connectivity index (χ0) is 13.0. The van der Waals surface area contributed by atoms with E-state index in [-0.39, 0.29) is 17.6 Å². The summed E-state index contributed by atoms with van der Waals surface area (Å²) in [5, 5.41) is 0.